The number of piperazine rings is 1. The zero-order chi connectivity index (χ0) is 13.3. The number of nitrogens with zero attached hydrogens (tertiary/aromatic N) is 3. The van der Waals surface area contributed by atoms with Gasteiger partial charge in [0.1, 0.15) is 0 Å². The largest absolute Gasteiger partial charge is 0.311 e. The molecule has 0 saturated carbocycles. The monoisotopic (exact) mass is 286 g/mol. The van der Waals surface area contributed by atoms with E-state index in [4.69, 9.17) is 0 Å². The summed E-state index contributed by atoms with van der Waals surface area (Å²) in [6, 6.07) is 1.63. The first-order chi connectivity index (χ1) is 8.47. The summed E-state index contributed by atoms with van der Waals surface area (Å²) in [7, 11) is 0. The van der Waals surface area contributed by atoms with Crippen LogP contribution in [-0.2, 0) is 6.54 Å². The Hall–Kier alpha value is -0.580. The Balaban J connectivity index is 0.00000180. The van der Waals surface area contributed by atoms with Crippen molar-refractivity contribution < 1.29 is 0 Å². The predicted octanol–water partition coefficient (Wildman–Crippen LogP) is 2.38. The number of aromatic nitrogens is 2. The van der Waals surface area contributed by atoms with Gasteiger partial charge in [-0.3, -0.25) is 9.58 Å². The van der Waals surface area contributed by atoms with Gasteiger partial charge >= 0.3 is 0 Å². The summed E-state index contributed by atoms with van der Waals surface area (Å²) in [6.07, 6.45) is 2.21. The standard InChI is InChI=1S/C14H26N4.ClH/c1-10(2)18-9-14(13(5)16-18)8-17-7-11(3)15-6-12(17)4;/h9-12,15H,6-8H2,1-5H3;1H. The molecule has 110 valence electrons. The average molecular weight is 287 g/mol. The molecule has 1 aromatic heterocycles. The zero-order valence-electron chi connectivity index (χ0n) is 12.7. The van der Waals surface area contributed by atoms with Gasteiger partial charge in [-0.05, 0) is 34.6 Å². The molecule has 0 aliphatic carbocycles. The molecule has 1 aliphatic heterocycles. The SMILES string of the molecule is Cc1nn(C(C)C)cc1CN1CC(C)NCC1C.Cl. The maximum absolute atomic E-state index is 4.59. The lowest BCUT2D eigenvalue weighted by molar-refractivity contribution is 0.138. The number of rotatable bonds is 3. The molecular formula is C14H27ClN4. The van der Waals surface area contributed by atoms with Gasteiger partial charge in [0.2, 0.25) is 0 Å². The summed E-state index contributed by atoms with van der Waals surface area (Å²) in [5.74, 6) is 0. The fourth-order valence-corrected chi connectivity index (χ4v) is 2.48. The number of hydrogen-bond donors (Lipinski definition) is 1. The van der Waals surface area contributed by atoms with Gasteiger partial charge in [0.05, 0.1) is 5.69 Å². The molecule has 2 atom stereocenters. The van der Waals surface area contributed by atoms with Crippen LogP contribution in [0.15, 0.2) is 6.20 Å². The molecule has 1 aliphatic rings. The van der Waals surface area contributed by atoms with Crippen LogP contribution in [0, 0.1) is 6.92 Å². The quantitative estimate of drug-likeness (QED) is 0.926. The Morgan fingerprint density at radius 1 is 1.42 bits per heavy atom. The van der Waals surface area contributed by atoms with Crippen molar-refractivity contribution in [3.8, 4) is 0 Å². The second kappa shape index (κ2) is 6.73. The van der Waals surface area contributed by atoms with Crippen LogP contribution in [0.2, 0.25) is 0 Å². The molecule has 4 nitrogen and oxygen atoms in total. The lowest BCUT2D eigenvalue weighted by Gasteiger charge is -2.37. The van der Waals surface area contributed by atoms with Crippen LogP contribution in [0.5, 0.6) is 0 Å². The van der Waals surface area contributed by atoms with Crippen LogP contribution in [-0.4, -0.2) is 39.9 Å². The third kappa shape index (κ3) is 3.94. The van der Waals surface area contributed by atoms with E-state index >= 15 is 0 Å². The van der Waals surface area contributed by atoms with Gasteiger partial charge in [-0.2, -0.15) is 5.10 Å². The molecule has 2 unspecified atom stereocenters. The van der Waals surface area contributed by atoms with Crippen molar-refractivity contribution in [1.82, 2.24) is 20.0 Å². The van der Waals surface area contributed by atoms with Crippen LogP contribution in [0.4, 0.5) is 0 Å². The minimum absolute atomic E-state index is 0. The molecule has 19 heavy (non-hydrogen) atoms. The molecule has 2 rings (SSSR count). The van der Waals surface area contributed by atoms with Crippen LogP contribution < -0.4 is 5.32 Å². The van der Waals surface area contributed by atoms with E-state index in [2.05, 4.69) is 60.8 Å². The van der Waals surface area contributed by atoms with E-state index in [9.17, 15) is 0 Å². The number of nitrogens with one attached hydrogen (secondary N) is 1. The minimum atomic E-state index is 0. The van der Waals surface area contributed by atoms with Crippen molar-refractivity contribution in [2.24, 2.45) is 0 Å². The zero-order valence-corrected chi connectivity index (χ0v) is 13.5. The summed E-state index contributed by atoms with van der Waals surface area (Å²) >= 11 is 0. The third-order valence-corrected chi connectivity index (χ3v) is 3.81. The molecule has 2 heterocycles. The predicted molar refractivity (Wildman–Crippen MR) is 81.9 cm³/mol. The summed E-state index contributed by atoms with van der Waals surface area (Å²) in [6.45, 7) is 14.2. The maximum atomic E-state index is 4.59. The number of aryl methyl sites for hydroxylation is 1. The summed E-state index contributed by atoms with van der Waals surface area (Å²) in [4.78, 5) is 2.55. The normalized spacial score (nSPS) is 24.5. The lowest BCUT2D eigenvalue weighted by atomic mass is 10.1. The van der Waals surface area contributed by atoms with E-state index in [1.54, 1.807) is 0 Å². The van der Waals surface area contributed by atoms with E-state index in [1.807, 2.05) is 0 Å². The van der Waals surface area contributed by atoms with Crippen molar-refractivity contribution >= 4 is 12.4 Å². The molecular weight excluding hydrogens is 260 g/mol. The highest BCUT2D eigenvalue weighted by molar-refractivity contribution is 5.85. The number of hydrogen-bond acceptors (Lipinski definition) is 3. The van der Waals surface area contributed by atoms with Crippen LogP contribution in [0.3, 0.4) is 0 Å². The molecule has 1 aromatic rings. The third-order valence-electron chi connectivity index (χ3n) is 3.81. The van der Waals surface area contributed by atoms with Crippen molar-refractivity contribution in [2.45, 2.75) is 59.3 Å². The van der Waals surface area contributed by atoms with Crippen molar-refractivity contribution in [3.63, 3.8) is 0 Å². The Labute approximate surface area is 123 Å². The van der Waals surface area contributed by atoms with E-state index in [1.165, 1.54) is 11.3 Å². The van der Waals surface area contributed by atoms with Gasteiger partial charge in [-0.15, -0.1) is 12.4 Å². The lowest BCUT2D eigenvalue weighted by Crippen LogP contribution is -2.53. The highest BCUT2D eigenvalue weighted by Gasteiger charge is 2.23. The molecule has 5 heteroatoms. The Kier molecular flexibility index (Phi) is 5.83. The molecule has 0 radical (unpaired) electrons. The summed E-state index contributed by atoms with van der Waals surface area (Å²) in [5, 5.41) is 8.12. The Bertz CT molecular complexity index is 402. The molecule has 0 amide bonds. The van der Waals surface area contributed by atoms with Crippen molar-refractivity contribution in [2.75, 3.05) is 13.1 Å². The molecule has 0 spiro atoms. The second-order valence-electron chi connectivity index (χ2n) is 5.90. The van der Waals surface area contributed by atoms with Crippen molar-refractivity contribution in [3.05, 3.63) is 17.5 Å². The highest BCUT2D eigenvalue weighted by atomic mass is 35.5. The molecule has 1 fully saturated rings. The van der Waals surface area contributed by atoms with E-state index in [0.717, 1.165) is 19.6 Å². The van der Waals surface area contributed by atoms with Gasteiger partial charge < -0.3 is 5.32 Å². The van der Waals surface area contributed by atoms with Gasteiger partial charge in [0.15, 0.2) is 0 Å². The van der Waals surface area contributed by atoms with Crippen LogP contribution in [0.1, 0.15) is 45.0 Å². The number of halogens is 1. The smallest absolute Gasteiger partial charge is 0.0638 e. The first-order valence-corrected chi connectivity index (χ1v) is 6.99. The van der Waals surface area contributed by atoms with Gasteiger partial charge in [-0.25, -0.2) is 0 Å². The average Bonchev–Trinajstić information content (AvgIpc) is 2.66. The first kappa shape index (κ1) is 16.5. The molecule has 0 aromatic carbocycles. The van der Waals surface area contributed by atoms with Crippen LogP contribution >= 0.6 is 12.4 Å². The fraction of sp³-hybridized carbons (Fsp3) is 0.786. The summed E-state index contributed by atoms with van der Waals surface area (Å²) in [5.41, 5.74) is 2.53. The second-order valence-corrected chi connectivity index (χ2v) is 5.90. The van der Waals surface area contributed by atoms with E-state index < -0.39 is 0 Å². The highest BCUT2D eigenvalue weighted by Crippen LogP contribution is 2.16. The Morgan fingerprint density at radius 3 is 2.68 bits per heavy atom. The maximum Gasteiger partial charge on any atom is 0.0638 e. The Morgan fingerprint density at radius 2 is 2.11 bits per heavy atom. The van der Waals surface area contributed by atoms with Gasteiger partial charge in [0, 0.05) is 49.5 Å². The van der Waals surface area contributed by atoms with E-state index in [0.29, 0.717) is 18.1 Å². The minimum Gasteiger partial charge on any atom is -0.311 e. The van der Waals surface area contributed by atoms with Gasteiger partial charge in [0.25, 0.3) is 0 Å². The molecule has 1 saturated heterocycles. The van der Waals surface area contributed by atoms with Crippen molar-refractivity contribution in [1.29, 1.82) is 0 Å². The van der Waals surface area contributed by atoms with Crippen LogP contribution in [0.25, 0.3) is 0 Å². The van der Waals surface area contributed by atoms with E-state index in [-0.39, 0.29) is 12.4 Å². The summed E-state index contributed by atoms with van der Waals surface area (Å²) < 4.78 is 2.07. The van der Waals surface area contributed by atoms with Gasteiger partial charge in [-0.1, -0.05) is 0 Å². The molecule has 1 N–H and O–H groups in total. The molecule has 0 bridgehead atoms. The topological polar surface area (TPSA) is 33.1 Å². The first-order valence-electron chi connectivity index (χ1n) is 6.99. The fourth-order valence-electron chi connectivity index (χ4n) is 2.48.